The Labute approximate surface area is 146 Å². The topological polar surface area (TPSA) is 79.4 Å². The fourth-order valence-corrected chi connectivity index (χ4v) is 4.72. The van der Waals surface area contributed by atoms with Crippen LogP contribution in [0.5, 0.6) is 0 Å². The van der Waals surface area contributed by atoms with Crippen LogP contribution < -0.4 is 4.72 Å². The molecule has 4 rings (SSSR count). The molecule has 2 atom stereocenters. The van der Waals surface area contributed by atoms with Gasteiger partial charge in [-0.05, 0) is 36.6 Å². The van der Waals surface area contributed by atoms with Crippen LogP contribution in [0.1, 0.15) is 30.9 Å². The molecule has 1 aromatic heterocycles. The summed E-state index contributed by atoms with van der Waals surface area (Å²) >= 11 is 0. The van der Waals surface area contributed by atoms with Crippen LogP contribution in [0.3, 0.4) is 0 Å². The number of hydrogen-bond acceptors (Lipinski definition) is 4. The first-order chi connectivity index (χ1) is 12.1. The number of sulfonamides is 1. The van der Waals surface area contributed by atoms with Crippen LogP contribution >= 0.6 is 0 Å². The Hall–Kier alpha value is -2.25. The first kappa shape index (κ1) is 16.2. The van der Waals surface area contributed by atoms with E-state index < -0.39 is 16.1 Å². The van der Waals surface area contributed by atoms with Crippen LogP contribution in [0.15, 0.2) is 59.8 Å². The molecule has 1 amide bonds. The highest BCUT2D eigenvalue weighted by atomic mass is 32.2. The van der Waals surface area contributed by atoms with E-state index in [2.05, 4.69) is 9.71 Å². The minimum absolute atomic E-state index is 0.00267. The summed E-state index contributed by atoms with van der Waals surface area (Å²) in [4.78, 5) is 18.7. The molecule has 1 aromatic carbocycles. The van der Waals surface area contributed by atoms with E-state index in [1.54, 1.807) is 42.7 Å². The summed E-state index contributed by atoms with van der Waals surface area (Å²) in [6.07, 6.45) is 5.50. The maximum absolute atomic E-state index is 12.7. The first-order valence-electron chi connectivity index (χ1n) is 8.35. The number of pyridine rings is 1. The molecule has 130 valence electrons. The molecule has 1 aliphatic heterocycles. The van der Waals surface area contributed by atoms with Crippen molar-refractivity contribution < 1.29 is 13.2 Å². The second-order valence-corrected chi connectivity index (χ2v) is 8.22. The Balaban J connectivity index is 1.67. The molecular formula is C18H19N3O3S. The summed E-state index contributed by atoms with van der Waals surface area (Å²) in [6, 6.07) is 11.4. The maximum atomic E-state index is 12.7. The average molecular weight is 357 g/mol. The highest BCUT2D eigenvalue weighted by molar-refractivity contribution is 7.89. The fraction of sp³-hybridized carbons (Fsp3) is 0.333. The number of benzene rings is 1. The van der Waals surface area contributed by atoms with E-state index in [-0.39, 0.29) is 29.3 Å². The van der Waals surface area contributed by atoms with E-state index >= 15 is 0 Å². The molecule has 7 heteroatoms. The Kier molecular flexibility index (Phi) is 4.05. The smallest absolute Gasteiger partial charge is 0.240 e. The van der Waals surface area contributed by atoms with Gasteiger partial charge in [-0.2, -0.15) is 0 Å². The van der Waals surface area contributed by atoms with Crippen molar-refractivity contribution >= 4 is 15.9 Å². The Morgan fingerprint density at radius 1 is 1.08 bits per heavy atom. The second kappa shape index (κ2) is 6.24. The van der Waals surface area contributed by atoms with Gasteiger partial charge in [-0.25, -0.2) is 13.1 Å². The van der Waals surface area contributed by atoms with Gasteiger partial charge in [0.25, 0.3) is 0 Å². The summed E-state index contributed by atoms with van der Waals surface area (Å²) in [5.74, 6) is -0.00267. The predicted octanol–water partition coefficient (Wildman–Crippen LogP) is 1.86. The normalized spacial score (nSPS) is 23.8. The largest absolute Gasteiger partial charge is 0.331 e. The van der Waals surface area contributed by atoms with E-state index in [0.29, 0.717) is 0 Å². The van der Waals surface area contributed by atoms with Gasteiger partial charge in [0.05, 0.1) is 17.0 Å². The van der Waals surface area contributed by atoms with Crippen molar-refractivity contribution in [2.45, 2.75) is 42.3 Å². The van der Waals surface area contributed by atoms with Crippen molar-refractivity contribution in [3.63, 3.8) is 0 Å². The molecule has 1 saturated carbocycles. The number of likely N-dealkylation sites (tertiary alicyclic amines) is 1. The molecule has 1 aliphatic carbocycles. The van der Waals surface area contributed by atoms with Gasteiger partial charge >= 0.3 is 0 Å². The third kappa shape index (κ3) is 3.17. The van der Waals surface area contributed by atoms with Crippen molar-refractivity contribution in [1.29, 1.82) is 0 Å². The lowest BCUT2D eigenvalue weighted by atomic mass is 10.0. The molecule has 1 N–H and O–H groups in total. The number of aromatic nitrogens is 1. The summed E-state index contributed by atoms with van der Waals surface area (Å²) < 4.78 is 28.2. The van der Waals surface area contributed by atoms with Gasteiger partial charge in [0, 0.05) is 24.9 Å². The quantitative estimate of drug-likeness (QED) is 0.886. The molecule has 25 heavy (non-hydrogen) atoms. The molecule has 1 saturated heterocycles. The number of carbonyl (C=O) groups excluding carboxylic acids is 1. The number of rotatable bonds is 5. The van der Waals surface area contributed by atoms with Gasteiger partial charge in [0.15, 0.2) is 0 Å². The Morgan fingerprint density at radius 2 is 1.84 bits per heavy atom. The van der Waals surface area contributed by atoms with E-state index in [0.717, 1.165) is 18.4 Å². The number of nitrogens with zero attached hydrogens (tertiary/aromatic N) is 2. The Morgan fingerprint density at radius 3 is 2.48 bits per heavy atom. The minimum atomic E-state index is -3.69. The zero-order valence-electron chi connectivity index (χ0n) is 13.6. The summed E-state index contributed by atoms with van der Waals surface area (Å²) in [5, 5.41) is 0. The van der Waals surface area contributed by atoms with Crippen LogP contribution in [0.4, 0.5) is 0 Å². The zero-order valence-corrected chi connectivity index (χ0v) is 14.4. The third-order valence-electron chi connectivity index (χ3n) is 4.69. The molecule has 2 aromatic rings. The molecule has 2 aliphatic rings. The maximum Gasteiger partial charge on any atom is 0.240 e. The molecule has 0 radical (unpaired) electrons. The van der Waals surface area contributed by atoms with Crippen LogP contribution in [-0.4, -0.2) is 36.3 Å². The van der Waals surface area contributed by atoms with Crippen molar-refractivity contribution in [3.8, 4) is 0 Å². The highest BCUT2D eigenvalue weighted by Gasteiger charge is 2.48. The SMILES string of the molecule is O=C1C[C@@H](NS(=O)(=O)c2ccccc2)[C@H](c2cccnc2)N1C1CC1. The summed E-state index contributed by atoms with van der Waals surface area (Å²) in [7, 11) is -3.69. The predicted molar refractivity (Wildman–Crippen MR) is 92.0 cm³/mol. The van der Waals surface area contributed by atoms with Crippen molar-refractivity contribution in [2.24, 2.45) is 0 Å². The summed E-state index contributed by atoms with van der Waals surface area (Å²) in [5.41, 5.74) is 0.862. The van der Waals surface area contributed by atoms with Crippen LogP contribution in [-0.2, 0) is 14.8 Å². The molecule has 6 nitrogen and oxygen atoms in total. The number of carbonyl (C=O) groups is 1. The van der Waals surface area contributed by atoms with Crippen molar-refractivity contribution in [1.82, 2.24) is 14.6 Å². The van der Waals surface area contributed by atoms with E-state index in [1.807, 2.05) is 17.0 Å². The molecule has 0 unspecified atom stereocenters. The molecule has 0 bridgehead atoms. The monoisotopic (exact) mass is 357 g/mol. The number of hydrogen-bond donors (Lipinski definition) is 1. The molecule has 2 fully saturated rings. The van der Waals surface area contributed by atoms with Gasteiger partial charge in [0.2, 0.25) is 15.9 Å². The molecule has 2 heterocycles. The van der Waals surface area contributed by atoms with Crippen molar-refractivity contribution in [3.05, 3.63) is 60.4 Å². The third-order valence-corrected chi connectivity index (χ3v) is 6.20. The Bertz CT molecular complexity index is 867. The lowest BCUT2D eigenvalue weighted by Crippen LogP contribution is -2.40. The van der Waals surface area contributed by atoms with E-state index in [1.165, 1.54) is 0 Å². The van der Waals surface area contributed by atoms with Crippen molar-refractivity contribution in [2.75, 3.05) is 0 Å². The minimum Gasteiger partial charge on any atom is -0.331 e. The highest BCUT2D eigenvalue weighted by Crippen LogP contribution is 2.42. The van der Waals surface area contributed by atoms with Gasteiger partial charge in [0.1, 0.15) is 0 Å². The van der Waals surface area contributed by atoms with E-state index in [4.69, 9.17) is 0 Å². The lowest BCUT2D eigenvalue weighted by molar-refractivity contribution is -0.129. The lowest BCUT2D eigenvalue weighted by Gasteiger charge is -2.28. The van der Waals surface area contributed by atoms with E-state index in [9.17, 15) is 13.2 Å². The molecular weight excluding hydrogens is 338 g/mol. The van der Waals surface area contributed by atoms with Gasteiger partial charge in [-0.15, -0.1) is 0 Å². The standard InChI is InChI=1S/C18H19N3O3S/c22-17-11-16(20-25(23,24)15-6-2-1-3-7-15)18(21(17)14-8-9-14)13-5-4-10-19-12-13/h1-7,10,12,14,16,18,20H,8-9,11H2/t16-,18+/m1/s1. The zero-order chi connectivity index (χ0) is 17.4. The average Bonchev–Trinajstić information content (AvgIpc) is 3.40. The van der Waals surface area contributed by atoms with Gasteiger partial charge in [-0.1, -0.05) is 24.3 Å². The number of amides is 1. The van der Waals surface area contributed by atoms with Crippen LogP contribution in [0, 0.1) is 0 Å². The van der Waals surface area contributed by atoms with Gasteiger partial charge < -0.3 is 4.90 Å². The summed E-state index contributed by atoms with van der Waals surface area (Å²) in [6.45, 7) is 0. The first-order valence-corrected chi connectivity index (χ1v) is 9.83. The second-order valence-electron chi connectivity index (χ2n) is 6.51. The number of nitrogens with one attached hydrogen (secondary N) is 1. The van der Waals surface area contributed by atoms with Crippen LogP contribution in [0.2, 0.25) is 0 Å². The fourth-order valence-electron chi connectivity index (χ4n) is 3.45. The van der Waals surface area contributed by atoms with Crippen LogP contribution in [0.25, 0.3) is 0 Å². The molecule has 0 spiro atoms. The van der Waals surface area contributed by atoms with Gasteiger partial charge in [-0.3, -0.25) is 9.78 Å².